The molecule has 1 aliphatic rings. The van der Waals surface area contributed by atoms with Crippen LogP contribution < -0.4 is 9.47 Å². The fourth-order valence-electron chi connectivity index (χ4n) is 3.21. The molecular formula is C24H20F3N3O4. The van der Waals surface area contributed by atoms with E-state index in [2.05, 4.69) is 10.1 Å². The Balaban J connectivity index is 1.50. The normalized spacial score (nSPS) is 15.0. The van der Waals surface area contributed by atoms with Gasteiger partial charge in [-0.3, -0.25) is 0 Å². The number of aromatic nitrogens is 2. The molecule has 0 unspecified atom stereocenters. The second-order valence-corrected chi connectivity index (χ2v) is 7.90. The number of carbonyl (C=O) groups excluding carboxylic acids is 1. The number of alkyl halides is 3. The molecule has 0 saturated carbocycles. The summed E-state index contributed by atoms with van der Waals surface area (Å²) in [7, 11) is 0. The molecule has 0 saturated heterocycles. The minimum Gasteiger partial charge on any atom is -0.449 e. The molecule has 2 aromatic carbocycles. The van der Waals surface area contributed by atoms with E-state index in [1.165, 1.54) is 18.2 Å². The van der Waals surface area contributed by atoms with Crippen molar-refractivity contribution >= 4 is 17.8 Å². The van der Waals surface area contributed by atoms with Gasteiger partial charge in [0.25, 0.3) is 0 Å². The highest BCUT2D eigenvalue weighted by Crippen LogP contribution is 2.39. The van der Waals surface area contributed by atoms with E-state index < -0.39 is 23.5 Å². The number of benzene rings is 2. The van der Waals surface area contributed by atoms with E-state index in [4.69, 9.17) is 14.3 Å². The third-order valence-electron chi connectivity index (χ3n) is 4.78. The highest BCUT2D eigenvalue weighted by atomic mass is 19.4. The third-order valence-corrected chi connectivity index (χ3v) is 4.78. The zero-order chi connectivity index (χ0) is 24.3. The molecule has 10 heteroatoms. The molecule has 0 N–H and O–H groups in total. The van der Waals surface area contributed by atoms with Gasteiger partial charge in [-0.05, 0) is 42.0 Å². The van der Waals surface area contributed by atoms with Gasteiger partial charge in [-0.1, -0.05) is 17.3 Å². The number of nitrogens with zero attached hydrogens (tertiary/aromatic N) is 3. The Morgan fingerprint density at radius 2 is 1.88 bits per heavy atom. The van der Waals surface area contributed by atoms with Gasteiger partial charge < -0.3 is 18.9 Å². The SMILES string of the molecule is CC1(C)Oc2ccc(/C(Cn3ccnc3)=N/OC(=O)/C=C/c3ccc(C(F)(F)F)cc3)cc2O1. The van der Waals surface area contributed by atoms with Gasteiger partial charge in [0.15, 0.2) is 11.5 Å². The number of carbonyl (C=O) groups is 1. The lowest BCUT2D eigenvalue weighted by Crippen LogP contribution is -2.29. The Hall–Kier alpha value is -4.08. The number of rotatable bonds is 6. The van der Waals surface area contributed by atoms with Crippen LogP contribution >= 0.6 is 0 Å². The first kappa shape index (κ1) is 23.1. The van der Waals surface area contributed by atoms with Crippen molar-refractivity contribution < 1.29 is 32.3 Å². The maximum Gasteiger partial charge on any atom is 0.416 e. The molecular weight excluding hydrogens is 451 g/mol. The zero-order valence-corrected chi connectivity index (χ0v) is 18.2. The van der Waals surface area contributed by atoms with Crippen molar-refractivity contribution in [1.82, 2.24) is 9.55 Å². The van der Waals surface area contributed by atoms with Gasteiger partial charge in [-0.25, -0.2) is 9.78 Å². The molecule has 7 nitrogen and oxygen atoms in total. The smallest absolute Gasteiger partial charge is 0.416 e. The van der Waals surface area contributed by atoms with Crippen LogP contribution in [0.3, 0.4) is 0 Å². The summed E-state index contributed by atoms with van der Waals surface area (Å²) in [5.74, 6) is -0.454. The van der Waals surface area contributed by atoms with Crippen LogP contribution in [0.1, 0.15) is 30.5 Å². The van der Waals surface area contributed by atoms with Crippen molar-refractivity contribution in [3.63, 3.8) is 0 Å². The molecule has 0 bridgehead atoms. The second kappa shape index (κ2) is 9.05. The van der Waals surface area contributed by atoms with Crippen molar-refractivity contribution in [1.29, 1.82) is 0 Å². The van der Waals surface area contributed by atoms with E-state index in [1.54, 1.807) is 55.3 Å². The minimum atomic E-state index is -4.42. The van der Waals surface area contributed by atoms with Crippen LogP contribution in [0.2, 0.25) is 0 Å². The van der Waals surface area contributed by atoms with Crippen LogP contribution in [0.25, 0.3) is 6.08 Å². The molecule has 0 spiro atoms. The molecule has 0 atom stereocenters. The Kier molecular flexibility index (Phi) is 6.14. The topological polar surface area (TPSA) is 74.9 Å². The summed E-state index contributed by atoms with van der Waals surface area (Å²) in [5.41, 5.74) is 0.706. The average molecular weight is 471 g/mol. The molecule has 3 aromatic rings. The van der Waals surface area contributed by atoms with Crippen LogP contribution in [-0.4, -0.2) is 27.0 Å². The maximum absolute atomic E-state index is 12.7. The third kappa shape index (κ3) is 5.64. The van der Waals surface area contributed by atoms with E-state index in [0.717, 1.165) is 18.2 Å². The van der Waals surface area contributed by atoms with Gasteiger partial charge in [0.05, 0.1) is 18.4 Å². The molecule has 0 fully saturated rings. The highest BCUT2D eigenvalue weighted by Gasteiger charge is 2.32. The lowest BCUT2D eigenvalue weighted by molar-refractivity contribution is -0.138. The minimum absolute atomic E-state index is 0.263. The van der Waals surface area contributed by atoms with Crippen LogP contribution in [0.15, 0.2) is 72.4 Å². The molecule has 1 aromatic heterocycles. The lowest BCUT2D eigenvalue weighted by Gasteiger charge is -2.16. The van der Waals surface area contributed by atoms with Gasteiger partial charge in [-0.15, -0.1) is 0 Å². The number of oxime groups is 1. The summed E-state index contributed by atoms with van der Waals surface area (Å²) >= 11 is 0. The molecule has 0 radical (unpaired) electrons. The molecule has 176 valence electrons. The van der Waals surface area contributed by atoms with Crippen LogP contribution in [-0.2, 0) is 22.4 Å². The Morgan fingerprint density at radius 1 is 1.15 bits per heavy atom. The average Bonchev–Trinajstić information content (AvgIpc) is 3.39. The molecule has 1 aliphatic heterocycles. The highest BCUT2D eigenvalue weighted by molar-refractivity contribution is 6.01. The van der Waals surface area contributed by atoms with Crippen LogP contribution in [0.5, 0.6) is 11.5 Å². The number of imidazole rings is 1. The summed E-state index contributed by atoms with van der Waals surface area (Å²) in [6, 6.07) is 9.65. The maximum atomic E-state index is 12.7. The number of ether oxygens (including phenoxy) is 2. The first-order valence-electron chi connectivity index (χ1n) is 10.2. The van der Waals surface area contributed by atoms with Gasteiger partial charge >= 0.3 is 12.1 Å². The number of hydrogen-bond acceptors (Lipinski definition) is 6. The van der Waals surface area contributed by atoms with E-state index in [1.807, 2.05) is 0 Å². The quantitative estimate of drug-likeness (QED) is 0.217. The molecule has 2 heterocycles. The van der Waals surface area contributed by atoms with Crippen molar-refractivity contribution in [2.45, 2.75) is 32.4 Å². The van der Waals surface area contributed by atoms with E-state index in [0.29, 0.717) is 28.3 Å². The fraction of sp³-hybridized carbons (Fsp3) is 0.208. The number of fused-ring (bicyclic) bond motifs is 1. The monoisotopic (exact) mass is 471 g/mol. The number of halogens is 3. The van der Waals surface area contributed by atoms with Crippen LogP contribution in [0, 0.1) is 0 Å². The number of hydrogen-bond donors (Lipinski definition) is 0. The summed E-state index contributed by atoms with van der Waals surface area (Å²) < 4.78 is 51.2. The Morgan fingerprint density at radius 3 is 2.56 bits per heavy atom. The standard InChI is InChI=1S/C24H20F3N3O4/c1-23(2)32-20-9-6-17(13-21(20)33-23)19(14-30-12-11-28-15-30)29-34-22(31)10-5-16-3-7-18(8-4-16)24(25,26)27/h3-13,15H,14H2,1-2H3/b10-5+,29-19+. The Labute approximate surface area is 193 Å². The molecule has 4 rings (SSSR count). The van der Waals surface area contributed by atoms with E-state index in [-0.39, 0.29) is 6.54 Å². The summed E-state index contributed by atoms with van der Waals surface area (Å²) in [5, 5.41) is 4.01. The first-order chi connectivity index (χ1) is 16.1. The summed E-state index contributed by atoms with van der Waals surface area (Å²) in [6.45, 7) is 3.84. The zero-order valence-electron chi connectivity index (χ0n) is 18.2. The van der Waals surface area contributed by atoms with Gasteiger partial charge in [0.2, 0.25) is 5.79 Å². The fourth-order valence-corrected chi connectivity index (χ4v) is 3.21. The molecule has 0 amide bonds. The predicted octanol–water partition coefficient (Wildman–Crippen LogP) is 5.07. The molecule has 34 heavy (non-hydrogen) atoms. The second-order valence-electron chi connectivity index (χ2n) is 7.90. The Bertz CT molecular complexity index is 1230. The van der Waals surface area contributed by atoms with Gasteiger partial charge in [-0.2, -0.15) is 13.2 Å². The van der Waals surface area contributed by atoms with E-state index >= 15 is 0 Å². The van der Waals surface area contributed by atoms with E-state index in [9.17, 15) is 18.0 Å². The molecule has 0 aliphatic carbocycles. The first-order valence-corrected chi connectivity index (χ1v) is 10.2. The van der Waals surface area contributed by atoms with Gasteiger partial charge in [0, 0.05) is 37.9 Å². The van der Waals surface area contributed by atoms with Gasteiger partial charge in [0.1, 0.15) is 5.71 Å². The van der Waals surface area contributed by atoms with Crippen molar-refractivity contribution in [2.75, 3.05) is 0 Å². The summed E-state index contributed by atoms with van der Waals surface area (Å²) in [6.07, 6.45) is 2.94. The van der Waals surface area contributed by atoms with Crippen molar-refractivity contribution in [2.24, 2.45) is 5.16 Å². The largest absolute Gasteiger partial charge is 0.449 e. The predicted molar refractivity (Wildman–Crippen MR) is 117 cm³/mol. The lowest BCUT2D eigenvalue weighted by atomic mass is 10.1. The van der Waals surface area contributed by atoms with Crippen molar-refractivity contribution in [3.05, 3.63) is 84.0 Å². The van der Waals surface area contributed by atoms with Crippen molar-refractivity contribution in [3.8, 4) is 11.5 Å². The summed E-state index contributed by atoms with van der Waals surface area (Å²) in [4.78, 5) is 21.2. The van der Waals surface area contributed by atoms with Crippen LogP contribution in [0.4, 0.5) is 13.2 Å².